The molecule has 1 aliphatic rings. The van der Waals surface area contributed by atoms with Crippen LogP contribution in [-0.4, -0.2) is 22.4 Å². The lowest BCUT2D eigenvalue weighted by molar-refractivity contribution is -0.141. The van der Waals surface area contributed by atoms with Crippen molar-refractivity contribution in [2.24, 2.45) is 5.73 Å². The molecule has 2 N–H and O–H groups in total. The lowest BCUT2D eigenvalue weighted by Crippen LogP contribution is -2.19. The van der Waals surface area contributed by atoms with Crippen LogP contribution >= 0.6 is 0 Å². The fraction of sp³-hybridized carbons (Fsp3) is 0.636. The summed E-state index contributed by atoms with van der Waals surface area (Å²) in [4.78, 5) is 10.6. The van der Waals surface area contributed by atoms with Gasteiger partial charge in [-0.3, -0.25) is 9.48 Å². The molecule has 1 aromatic heterocycles. The van der Waals surface area contributed by atoms with E-state index in [-0.39, 0.29) is 12.0 Å². The van der Waals surface area contributed by atoms with Gasteiger partial charge in [0.05, 0.1) is 12.7 Å². The quantitative estimate of drug-likeness (QED) is 0.769. The van der Waals surface area contributed by atoms with E-state index in [9.17, 15) is 4.79 Å². The van der Waals surface area contributed by atoms with E-state index in [0.717, 1.165) is 24.8 Å². The maximum atomic E-state index is 10.6. The summed E-state index contributed by atoms with van der Waals surface area (Å²) < 4.78 is 6.80. The Morgan fingerprint density at radius 2 is 2.56 bits per heavy atom. The molecule has 5 heteroatoms. The summed E-state index contributed by atoms with van der Waals surface area (Å²) in [5, 5.41) is 4.29. The van der Waals surface area contributed by atoms with Crippen molar-refractivity contribution >= 4 is 5.97 Å². The van der Waals surface area contributed by atoms with Crippen LogP contribution < -0.4 is 5.73 Å². The number of hydrogen-bond acceptors (Lipinski definition) is 4. The number of nitrogens with zero attached hydrogens (tertiary/aromatic N) is 2. The normalized spacial score (nSPS) is 19.2. The number of carbonyl (C=O) groups is 1. The van der Waals surface area contributed by atoms with Crippen molar-refractivity contribution < 1.29 is 9.53 Å². The predicted octanol–water partition coefficient (Wildman–Crippen LogP) is 0.782. The second-order valence-corrected chi connectivity index (χ2v) is 4.11. The fourth-order valence-electron chi connectivity index (χ4n) is 2.12. The number of ether oxygens (including phenoxy) is 1. The van der Waals surface area contributed by atoms with Gasteiger partial charge in [-0.25, -0.2) is 0 Å². The zero-order chi connectivity index (χ0) is 11.5. The molecule has 0 spiro atoms. The Kier molecular flexibility index (Phi) is 3.24. The molecule has 0 radical (unpaired) electrons. The first-order valence-corrected chi connectivity index (χ1v) is 5.62. The van der Waals surface area contributed by atoms with E-state index in [1.54, 1.807) is 0 Å². The molecule has 0 saturated heterocycles. The van der Waals surface area contributed by atoms with Gasteiger partial charge in [0.25, 0.3) is 0 Å². The first-order chi connectivity index (χ1) is 7.68. The predicted molar refractivity (Wildman–Crippen MR) is 58.7 cm³/mol. The Morgan fingerprint density at radius 1 is 1.75 bits per heavy atom. The van der Waals surface area contributed by atoms with Crippen LogP contribution in [0.3, 0.4) is 0 Å². The van der Waals surface area contributed by atoms with E-state index in [1.807, 2.05) is 10.9 Å². The fourth-order valence-corrected chi connectivity index (χ4v) is 2.12. The molecule has 1 aliphatic carbocycles. The first-order valence-electron chi connectivity index (χ1n) is 5.62. The average molecular weight is 223 g/mol. The Hall–Kier alpha value is -1.36. The van der Waals surface area contributed by atoms with Gasteiger partial charge in [0, 0.05) is 24.2 Å². The molecule has 1 atom stereocenters. The van der Waals surface area contributed by atoms with Gasteiger partial charge in [0.15, 0.2) is 0 Å². The number of esters is 1. The van der Waals surface area contributed by atoms with Crippen molar-refractivity contribution in [2.45, 2.75) is 38.8 Å². The smallest absolute Gasteiger partial charge is 0.302 e. The van der Waals surface area contributed by atoms with Crippen molar-refractivity contribution in [3.63, 3.8) is 0 Å². The highest BCUT2D eigenvalue weighted by Gasteiger charge is 2.20. The number of aromatic nitrogens is 2. The van der Waals surface area contributed by atoms with Crippen LogP contribution in [0.1, 0.15) is 37.1 Å². The molecule has 16 heavy (non-hydrogen) atoms. The summed E-state index contributed by atoms with van der Waals surface area (Å²) in [6.07, 6.45) is 4.99. The number of hydrogen-bond donors (Lipinski definition) is 1. The third-order valence-electron chi connectivity index (χ3n) is 2.92. The van der Waals surface area contributed by atoms with Gasteiger partial charge >= 0.3 is 5.97 Å². The number of carbonyl (C=O) groups excluding carboxylic acids is 1. The molecule has 1 heterocycles. The van der Waals surface area contributed by atoms with Crippen molar-refractivity contribution in [1.29, 1.82) is 0 Å². The monoisotopic (exact) mass is 223 g/mol. The van der Waals surface area contributed by atoms with Gasteiger partial charge < -0.3 is 10.5 Å². The Labute approximate surface area is 94.6 Å². The SMILES string of the molecule is CC(=O)OCCn1ncc2c1CCCC2N. The molecule has 0 aromatic carbocycles. The van der Waals surface area contributed by atoms with Crippen LogP contribution in [0.5, 0.6) is 0 Å². The molecule has 0 bridgehead atoms. The van der Waals surface area contributed by atoms with Crippen molar-refractivity contribution in [3.05, 3.63) is 17.5 Å². The molecule has 0 fully saturated rings. The summed E-state index contributed by atoms with van der Waals surface area (Å²) in [5.41, 5.74) is 8.35. The zero-order valence-electron chi connectivity index (χ0n) is 9.48. The van der Waals surface area contributed by atoms with Crippen molar-refractivity contribution in [2.75, 3.05) is 6.61 Å². The maximum absolute atomic E-state index is 10.6. The molecular weight excluding hydrogens is 206 g/mol. The summed E-state index contributed by atoms with van der Waals surface area (Å²) in [6.45, 7) is 2.40. The van der Waals surface area contributed by atoms with E-state index in [0.29, 0.717) is 13.2 Å². The highest BCUT2D eigenvalue weighted by molar-refractivity contribution is 5.65. The van der Waals surface area contributed by atoms with Gasteiger partial charge in [-0.1, -0.05) is 0 Å². The molecule has 0 aliphatic heterocycles. The van der Waals surface area contributed by atoms with Crippen LogP contribution in [0.4, 0.5) is 0 Å². The van der Waals surface area contributed by atoms with Gasteiger partial charge in [-0.05, 0) is 19.3 Å². The van der Waals surface area contributed by atoms with Crippen LogP contribution in [0.2, 0.25) is 0 Å². The highest BCUT2D eigenvalue weighted by Crippen LogP contribution is 2.27. The van der Waals surface area contributed by atoms with Gasteiger partial charge in [0.1, 0.15) is 6.61 Å². The standard InChI is InChI=1S/C11H17N3O2/c1-8(15)16-6-5-14-11-4-2-3-10(12)9(11)7-13-14/h7,10H,2-6,12H2,1H3. The summed E-state index contributed by atoms with van der Waals surface area (Å²) in [7, 11) is 0. The van der Waals surface area contributed by atoms with Crippen molar-refractivity contribution in [3.8, 4) is 0 Å². The topological polar surface area (TPSA) is 70.1 Å². The van der Waals surface area contributed by atoms with E-state index in [1.165, 1.54) is 12.6 Å². The second-order valence-electron chi connectivity index (χ2n) is 4.11. The van der Waals surface area contributed by atoms with E-state index < -0.39 is 0 Å². The molecule has 0 amide bonds. The van der Waals surface area contributed by atoms with Crippen LogP contribution in [0.25, 0.3) is 0 Å². The Balaban J connectivity index is 2.02. The van der Waals surface area contributed by atoms with Gasteiger partial charge in [-0.2, -0.15) is 5.10 Å². The minimum atomic E-state index is -0.252. The zero-order valence-corrected chi connectivity index (χ0v) is 9.48. The molecule has 5 nitrogen and oxygen atoms in total. The number of rotatable bonds is 3. The molecule has 1 aromatic rings. The number of nitrogens with two attached hydrogens (primary N) is 1. The van der Waals surface area contributed by atoms with Crippen LogP contribution in [0.15, 0.2) is 6.20 Å². The molecule has 0 saturated carbocycles. The van der Waals surface area contributed by atoms with E-state index in [4.69, 9.17) is 10.5 Å². The van der Waals surface area contributed by atoms with Gasteiger partial charge in [0.2, 0.25) is 0 Å². The van der Waals surface area contributed by atoms with Crippen molar-refractivity contribution in [1.82, 2.24) is 9.78 Å². The lowest BCUT2D eigenvalue weighted by Gasteiger charge is -2.19. The number of fused-ring (bicyclic) bond motifs is 1. The largest absolute Gasteiger partial charge is 0.464 e. The molecule has 88 valence electrons. The molecule has 2 rings (SSSR count). The minimum absolute atomic E-state index is 0.117. The third-order valence-corrected chi connectivity index (χ3v) is 2.92. The molecular formula is C11H17N3O2. The molecule has 1 unspecified atom stereocenters. The Morgan fingerprint density at radius 3 is 3.31 bits per heavy atom. The van der Waals surface area contributed by atoms with Crippen LogP contribution in [-0.2, 0) is 22.5 Å². The van der Waals surface area contributed by atoms with E-state index in [2.05, 4.69) is 5.10 Å². The maximum Gasteiger partial charge on any atom is 0.302 e. The first kappa shape index (κ1) is 11.1. The van der Waals surface area contributed by atoms with E-state index >= 15 is 0 Å². The second kappa shape index (κ2) is 4.65. The Bertz CT molecular complexity index is 387. The summed E-state index contributed by atoms with van der Waals surface area (Å²) >= 11 is 0. The van der Waals surface area contributed by atoms with Crippen LogP contribution in [0, 0.1) is 0 Å². The lowest BCUT2D eigenvalue weighted by atomic mass is 9.94. The summed E-state index contributed by atoms with van der Waals surface area (Å²) in [5.74, 6) is -0.252. The average Bonchev–Trinajstić information content (AvgIpc) is 2.63. The van der Waals surface area contributed by atoms with Gasteiger partial charge in [-0.15, -0.1) is 0 Å². The highest BCUT2D eigenvalue weighted by atomic mass is 16.5. The minimum Gasteiger partial charge on any atom is -0.464 e. The summed E-state index contributed by atoms with van der Waals surface area (Å²) in [6, 6.07) is 0.117. The third kappa shape index (κ3) is 2.24.